The van der Waals surface area contributed by atoms with Gasteiger partial charge in [-0.05, 0) is 11.6 Å². The lowest BCUT2D eigenvalue weighted by Crippen LogP contribution is -2.74. The van der Waals surface area contributed by atoms with Crippen molar-refractivity contribution in [2.75, 3.05) is 0 Å². The van der Waals surface area contributed by atoms with Gasteiger partial charge in [0, 0.05) is 12.8 Å². The van der Waals surface area contributed by atoms with Gasteiger partial charge in [-0.25, -0.2) is 0 Å². The summed E-state index contributed by atoms with van der Waals surface area (Å²) in [4.78, 5) is 11.5. The van der Waals surface area contributed by atoms with Crippen molar-refractivity contribution in [2.24, 2.45) is 0 Å². The molecule has 0 radical (unpaired) electrons. The van der Waals surface area contributed by atoms with Crippen molar-refractivity contribution in [1.29, 1.82) is 0 Å². The molecule has 1 aromatic rings. The second-order valence-corrected chi connectivity index (χ2v) is 7.36. The lowest BCUT2D eigenvalue weighted by Gasteiger charge is -2.42. The molecule has 1 rings (SSSR count). The Balaban J connectivity index is 3.31. The highest BCUT2D eigenvalue weighted by Gasteiger charge is 2.95. The summed E-state index contributed by atoms with van der Waals surface area (Å²) >= 11 is 0. The molecule has 0 aliphatic carbocycles. The maximum atomic E-state index is 13.8. The monoisotopic (exact) mass is 578 g/mol. The van der Waals surface area contributed by atoms with E-state index in [2.05, 4.69) is 0 Å². The van der Waals surface area contributed by atoms with Gasteiger partial charge < -0.3 is 0 Å². The van der Waals surface area contributed by atoms with Crippen LogP contribution in [0.2, 0.25) is 0 Å². The first-order valence-electron chi connectivity index (χ1n) is 9.20. The molecule has 0 aliphatic heterocycles. The van der Waals surface area contributed by atoms with Crippen LogP contribution in [0.5, 0.6) is 0 Å². The van der Waals surface area contributed by atoms with E-state index in [0.717, 1.165) is 6.08 Å². The molecular formula is C19H11F17O. The van der Waals surface area contributed by atoms with Crippen molar-refractivity contribution in [1.82, 2.24) is 0 Å². The molecule has 0 amide bonds. The number of carbonyl (C=O) groups is 1. The van der Waals surface area contributed by atoms with Crippen LogP contribution in [-0.4, -0.2) is 53.4 Å². The second-order valence-electron chi connectivity index (χ2n) is 7.36. The van der Waals surface area contributed by atoms with Gasteiger partial charge >= 0.3 is 47.6 Å². The zero-order valence-electron chi connectivity index (χ0n) is 17.3. The van der Waals surface area contributed by atoms with Crippen molar-refractivity contribution in [3.05, 3.63) is 42.0 Å². The van der Waals surface area contributed by atoms with Crippen LogP contribution in [0.25, 0.3) is 6.08 Å². The topological polar surface area (TPSA) is 17.1 Å². The minimum atomic E-state index is -8.67. The molecule has 0 bridgehead atoms. The third-order valence-electron chi connectivity index (χ3n) is 4.73. The molecule has 212 valence electrons. The first-order valence-corrected chi connectivity index (χ1v) is 9.20. The molecule has 0 saturated heterocycles. The highest BCUT2D eigenvalue weighted by molar-refractivity contribution is 5.93. The number of hydrogen-bond acceptors (Lipinski definition) is 1. The summed E-state index contributed by atoms with van der Waals surface area (Å²) in [6.45, 7) is 0. The predicted octanol–water partition coefficient (Wildman–Crippen LogP) is 8.06. The Morgan fingerprint density at radius 2 is 0.946 bits per heavy atom. The molecule has 0 saturated carbocycles. The molecule has 0 heterocycles. The number of halogens is 17. The van der Waals surface area contributed by atoms with Crippen LogP contribution in [0.4, 0.5) is 74.6 Å². The SMILES string of the molecule is O=C(/C=C/c1ccccc1)CCC(F)(F)C(F)(F)C(F)(F)C(F)(F)C(F)(F)C(F)(F)C(F)(F)C(F)(F)F. The van der Waals surface area contributed by atoms with E-state index in [4.69, 9.17) is 0 Å². The number of ketones is 1. The van der Waals surface area contributed by atoms with Crippen LogP contribution in [-0.2, 0) is 4.79 Å². The molecule has 0 aliphatic rings. The highest BCUT2D eigenvalue weighted by Crippen LogP contribution is 2.64. The van der Waals surface area contributed by atoms with Gasteiger partial charge in [-0.2, -0.15) is 74.6 Å². The minimum Gasteiger partial charge on any atom is -0.295 e. The molecule has 0 atom stereocenters. The van der Waals surface area contributed by atoms with Gasteiger partial charge in [-0.1, -0.05) is 36.4 Å². The Labute approximate surface area is 194 Å². The first kappa shape index (κ1) is 32.5. The number of benzene rings is 1. The maximum Gasteiger partial charge on any atom is 0.460 e. The Morgan fingerprint density at radius 3 is 1.35 bits per heavy atom. The summed E-state index contributed by atoms with van der Waals surface area (Å²) in [5, 5.41) is 0. The Kier molecular flexibility index (Phi) is 8.45. The molecule has 1 nitrogen and oxygen atoms in total. The van der Waals surface area contributed by atoms with Gasteiger partial charge in [0.05, 0.1) is 0 Å². The molecule has 0 fully saturated rings. The van der Waals surface area contributed by atoms with Gasteiger partial charge in [-0.15, -0.1) is 0 Å². The fraction of sp³-hybridized carbons (Fsp3) is 0.526. The lowest BCUT2D eigenvalue weighted by atomic mass is 9.88. The average molecular weight is 578 g/mol. The van der Waals surface area contributed by atoms with E-state index in [1.165, 1.54) is 30.3 Å². The zero-order valence-corrected chi connectivity index (χ0v) is 17.3. The smallest absolute Gasteiger partial charge is 0.295 e. The number of allylic oxidation sites excluding steroid dienone is 1. The molecular weight excluding hydrogens is 567 g/mol. The van der Waals surface area contributed by atoms with E-state index in [-0.39, 0.29) is 5.56 Å². The highest BCUT2D eigenvalue weighted by atomic mass is 19.4. The standard InChI is InChI=1S/C19H11F17O/c20-12(21,9-8-11(37)7-6-10-4-2-1-3-5-10)13(22,23)14(24,25)15(26,27)16(28,29)17(30,31)18(32,33)19(34,35)36/h1-7H,8-9H2/b7-6+. The second kappa shape index (κ2) is 9.63. The Hall–Kier alpha value is -2.56. The fourth-order valence-corrected chi connectivity index (χ4v) is 2.47. The van der Waals surface area contributed by atoms with Crippen molar-refractivity contribution < 1.29 is 79.4 Å². The van der Waals surface area contributed by atoms with E-state index < -0.39 is 66.3 Å². The summed E-state index contributed by atoms with van der Waals surface area (Å²) in [6, 6.07) is 6.96. The normalized spacial score (nSPS) is 15.4. The van der Waals surface area contributed by atoms with Gasteiger partial charge in [0.25, 0.3) is 0 Å². The quantitative estimate of drug-likeness (QED) is 0.192. The number of rotatable bonds is 11. The van der Waals surface area contributed by atoms with Crippen LogP contribution in [0, 0.1) is 0 Å². The molecule has 1 aromatic carbocycles. The summed E-state index contributed by atoms with van der Waals surface area (Å²) in [7, 11) is 0. The summed E-state index contributed by atoms with van der Waals surface area (Å²) in [5.74, 6) is -58.3. The van der Waals surface area contributed by atoms with Crippen molar-refractivity contribution in [3.63, 3.8) is 0 Å². The maximum absolute atomic E-state index is 13.8. The predicted molar refractivity (Wildman–Crippen MR) is 90.4 cm³/mol. The average Bonchev–Trinajstić information content (AvgIpc) is 2.75. The van der Waals surface area contributed by atoms with Crippen LogP contribution >= 0.6 is 0 Å². The summed E-state index contributed by atoms with van der Waals surface area (Å²) < 4.78 is 224. The zero-order chi connectivity index (χ0) is 29.5. The molecule has 0 N–H and O–H groups in total. The van der Waals surface area contributed by atoms with E-state index in [0.29, 0.717) is 6.08 Å². The third-order valence-corrected chi connectivity index (χ3v) is 4.73. The number of carbonyl (C=O) groups excluding carboxylic acids is 1. The molecule has 18 heteroatoms. The Bertz CT molecular complexity index is 976. The van der Waals surface area contributed by atoms with Crippen LogP contribution < -0.4 is 0 Å². The summed E-state index contributed by atoms with van der Waals surface area (Å²) in [6.07, 6.45) is -11.1. The number of alkyl halides is 17. The Morgan fingerprint density at radius 1 is 0.568 bits per heavy atom. The van der Waals surface area contributed by atoms with Gasteiger partial charge in [0.15, 0.2) is 5.78 Å². The number of hydrogen-bond donors (Lipinski definition) is 0. The molecule has 37 heavy (non-hydrogen) atoms. The van der Waals surface area contributed by atoms with E-state index >= 15 is 0 Å². The van der Waals surface area contributed by atoms with E-state index in [1.54, 1.807) is 0 Å². The lowest BCUT2D eigenvalue weighted by molar-refractivity contribution is -0.461. The first-order chi connectivity index (χ1) is 16.2. The van der Waals surface area contributed by atoms with Crippen molar-refractivity contribution >= 4 is 11.9 Å². The molecule has 0 unspecified atom stereocenters. The van der Waals surface area contributed by atoms with Gasteiger partial charge in [0.2, 0.25) is 0 Å². The van der Waals surface area contributed by atoms with E-state index in [9.17, 15) is 79.4 Å². The minimum absolute atomic E-state index is 0.220. The molecule has 0 spiro atoms. The van der Waals surface area contributed by atoms with Crippen molar-refractivity contribution in [3.8, 4) is 0 Å². The van der Waals surface area contributed by atoms with Crippen LogP contribution in [0.1, 0.15) is 18.4 Å². The van der Waals surface area contributed by atoms with E-state index in [1.807, 2.05) is 0 Å². The fourth-order valence-electron chi connectivity index (χ4n) is 2.47. The molecule has 0 aromatic heterocycles. The van der Waals surface area contributed by atoms with Crippen molar-refractivity contribution in [2.45, 2.75) is 60.5 Å². The van der Waals surface area contributed by atoms with Gasteiger partial charge in [-0.3, -0.25) is 4.79 Å². The van der Waals surface area contributed by atoms with Crippen LogP contribution in [0.3, 0.4) is 0 Å². The summed E-state index contributed by atoms with van der Waals surface area (Å²) in [5.41, 5.74) is 0.220. The van der Waals surface area contributed by atoms with Crippen LogP contribution in [0.15, 0.2) is 36.4 Å². The van der Waals surface area contributed by atoms with Gasteiger partial charge in [0.1, 0.15) is 0 Å². The largest absolute Gasteiger partial charge is 0.460 e. The third kappa shape index (κ3) is 5.24.